The van der Waals surface area contributed by atoms with Crippen LogP contribution in [0.5, 0.6) is 0 Å². The van der Waals surface area contributed by atoms with E-state index in [1.54, 1.807) is 4.90 Å². The molecule has 0 saturated heterocycles. The summed E-state index contributed by atoms with van der Waals surface area (Å²) in [5, 5.41) is 0.208. The molecule has 148 valence electrons. The molecule has 0 fully saturated rings. The zero-order chi connectivity index (χ0) is 20.1. The fraction of sp³-hybridized carbons (Fsp3) is 0.850. The van der Waals surface area contributed by atoms with Gasteiger partial charge in [-0.1, -0.05) is 46.8 Å². The van der Waals surface area contributed by atoms with Gasteiger partial charge in [-0.3, -0.25) is 0 Å². The summed E-state index contributed by atoms with van der Waals surface area (Å²) in [4.78, 5) is 13.9. The molecule has 0 spiro atoms. The molecular formula is C20H41NO3Si. The van der Waals surface area contributed by atoms with Gasteiger partial charge in [-0.2, -0.15) is 0 Å². The van der Waals surface area contributed by atoms with E-state index in [9.17, 15) is 4.79 Å². The van der Waals surface area contributed by atoms with E-state index >= 15 is 0 Å². The van der Waals surface area contributed by atoms with E-state index in [0.29, 0.717) is 6.61 Å². The van der Waals surface area contributed by atoms with E-state index in [1.165, 1.54) is 0 Å². The normalized spacial score (nSPS) is 13.8. The van der Waals surface area contributed by atoms with E-state index in [4.69, 9.17) is 9.16 Å². The SMILES string of the molecule is CC(C)N(C(=O)OC/C=C/C(C)(C)CO[Si](C)(C)C(C)(C)C)C(C)C. The van der Waals surface area contributed by atoms with Crippen molar-refractivity contribution >= 4 is 14.4 Å². The highest BCUT2D eigenvalue weighted by Crippen LogP contribution is 2.37. The summed E-state index contributed by atoms with van der Waals surface area (Å²) in [5.41, 5.74) is -0.0856. The van der Waals surface area contributed by atoms with Gasteiger partial charge < -0.3 is 14.1 Å². The maximum atomic E-state index is 12.2. The molecule has 0 aromatic rings. The van der Waals surface area contributed by atoms with Gasteiger partial charge in [-0.05, 0) is 45.8 Å². The minimum Gasteiger partial charge on any atom is -0.445 e. The first-order chi connectivity index (χ1) is 11.1. The van der Waals surface area contributed by atoms with Crippen LogP contribution in [0, 0.1) is 5.41 Å². The Morgan fingerprint density at radius 3 is 1.92 bits per heavy atom. The van der Waals surface area contributed by atoms with Crippen molar-refractivity contribution in [1.29, 1.82) is 0 Å². The highest BCUT2D eigenvalue weighted by molar-refractivity contribution is 6.74. The number of nitrogens with zero attached hydrogens (tertiary/aromatic N) is 1. The number of rotatable bonds is 8. The molecule has 25 heavy (non-hydrogen) atoms. The largest absolute Gasteiger partial charge is 0.445 e. The Labute approximate surface area is 157 Å². The predicted octanol–water partition coefficient (Wildman–Crippen LogP) is 5.85. The van der Waals surface area contributed by atoms with Crippen LogP contribution in [0.4, 0.5) is 4.79 Å². The molecule has 4 nitrogen and oxygen atoms in total. The predicted molar refractivity (Wildman–Crippen MR) is 110 cm³/mol. The van der Waals surface area contributed by atoms with Crippen LogP contribution in [-0.4, -0.2) is 44.6 Å². The van der Waals surface area contributed by atoms with Crippen LogP contribution in [0.3, 0.4) is 0 Å². The van der Waals surface area contributed by atoms with E-state index in [1.807, 2.05) is 33.8 Å². The van der Waals surface area contributed by atoms with Crippen LogP contribution in [-0.2, 0) is 9.16 Å². The summed E-state index contributed by atoms with van der Waals surface area (Å²) in [6, 6.07) is 0.261. The topological polar surface area (TPSA) is 38.8 Å². The highest BCUT2D eigenvalue weighted by atomic mass is 28.4. The monoisotopic (exact) mass is 371 g/mol. The maximum absolute atomic E-state index is 12.2. The fourth-order valence-electron chi connectivity index (χ4n) is 2.21. The number of hydrogen-bond donors (Lipinski definition) is 0. The minimum atomic E-state index is -1.75. The Kier molecular flexibility index (Phi) is 8.92. The van der Waals surface area contributed by atoms with Gasteiger partial charge in [0, 0.05) is 24.1 Å². The second kappa shape index (κ2) is 9.22. The maximum Gasteiger partial charge on any atom is 0.410 e. The third kappa shape index (κ3) is 8.41. The first-order valence-corrected chi connectivity index (χ1v) is 12.3. The van der Waals surface area contributed by atoms with Crippen LogP contribution in [0.2, 0.25) is 18.1 Å². The van der Waals surface area contributed by atoms with Crippen molar-refractivity contribution in [1.82, 2.24) is 4.90 Å². The highest BCUT2D eigenvalue weighted by Gasteiger charge is 2.38. The van der Waals surface area contributed by atoms with Crippen molar-refractivity contribution in [3.63, 3.8) is 0 Å². The summed E-state index contributed by atoms with van der Waals surface area (Å²) >= 11 is 0. The lowest BCUT2D eigenvalue weighted by Crippen LogP contribution is -2.43. The molecule has 0 aromatic carbocycles. The van der Waals surface area contributed by atoms with Gasteiger partial charge in [-0.15, -0.1) is 0 Å². The fourth-order valence-corrected chi connectivity index (χ4v) is 3.38. The van der Waals surface area contributed by atoms with Crippen molar-refractivity contribution in [2.75, 3.05) is 13.2 Å². The van der Waals surface area contributed by atoms with E-state index < -0.39 is 8.32 Å². The molecule has 1 amide bonds. The van der Waals surface area contributed by atoms with Gasteiger partial charge in [0.25, 0.3) is 0 Å². The van der Waals surface area contributed by atoms with Gasteiger partial charge in [-0.25, -0.2) is 4.79 Å². The lowest BCUT2D eigenvalue weighted by Gasteiger charge is -2.38. The molecule has 0 aromatic heterocycles. The van der Waals surface area contributed by atoms with Gasteiger partial charge in [0.05, 0.1) is 0 Å². The molecule has 0 bridgehead atoms. The number of amides is 1. The molecule has 0 atom stereocenters. The van der Waals surface area contributed by atoms with Crippen molar-refractivity contribution in [3.05, 3.63) is 12.2 Å². The third-order valence-corrected chi connectivity index (χ3v) is 9.29. The average molecular weight is 372 g/mol. The molecule has 0 aliphatic rings. The van der Waals surface area contributed by atoms with Crippen LogP contribution < -0.4 is 0 Å². The molecule has 0 unspecified atom stereocenters. The lowest BCUT2D eigenvalue weighted by atomic mass is 9.94. The van der Waals surface area contributed by atoms with Crippen molar-refractivity contribution in [2.45, 2.75) is 92.5 Å². The quantitative estimate of drug-likeness (QED) is 0.397. The molecule has 5 heteroatoms. The van der Waals surface area contributed by atoms with Crippen molar-refractivity contribution in [2.24, 2.45) is 5.41 Å². The second-order valence-electron chi connectivity index (χ2n) is 9.61. The Bertz CT molecular complexity index is 440. The Morgan fingerprint density at radius 1 is 1.04 bits per heavy atom. The Balaban J connectivity index is 4.55. The molecule has 0 N–H and O–H groups in total. The molecule has 0 heterocycles. The van der Waals surface area contributed by atoms with Crippen LogP contribution in [0.1, 0.15) is 62.3 Å². The molecule has 0 rings (SSSR count). The number of ether oxygens (including phenoxy) is 1. The molecule has 0 aliphatic heterocycles. The zero-order valence-electron chi connectivity index (χ0n) is 18.4. The minimum absolute atomic E-state index is 0.0856. The number of hydrogen-bond acceptors (Lipinski definition) is 3. The van der Waals surface area contributed by atoms with Gasteiger partial charge >= 0.3 is 6.09 Å². The number of carbonyl (C=O) groups is 1. The summed E-state index contributed by atoms with van der Waals surface area (Å²) in [7, 11) is -1.75. The van der Waals surface area contributed by atoms with Gasteiger partial charge in [0.2, 0.25) is 0 Å². The second-order valence-corrected chi connectivity index (χ2v) is 14.4. The molecule has 0 saturated carbocycles. The number of carbonyl (C=O) groups excluding carboxylic acids is 1. The molecule has 0 aliphatic carbocycles. The zero-order valence-corrected chi connectivity index (χ0v) is 19.4. The first-order valence-electron chi connectivity index (χ1n) is 9.37. The molecule has 0 radical (unpaired) electrons. The van der Waals surface area contributed by atoms with E-state index in [-0.39, 0.29) is 35.2 Å². The van der Waals surface area contributed by atoms with Crippen molar-refractivity contribution < 1.29 is 14.0 Å². The summed E-state index contributed by atoms with van der Waals surface area (Å²) < 4.78 is 11.7. The Morgan fingerprint density at radius 2 is 1.52 bits per heavy atom. The summed E-state index contributed by atoms with van der Waals surface area (Å²) in [5.74, 6) is 0. The van der Waals surface area contributed by atoms with Crippen LogP contribution >= 0.6 is 0 Å². The van der Waals surface area contributed by atoms with Crippen molar-refractivity contribution in [3.8, 4) is 0 Å². The Hall–Kier alpha value is -0.813. The molecular weight excluding hydrogens is 330 g/mol. The standard InChI is InChI=1S/C20H41NO3Si/c1-16(2)21(17(3)4)18(22)23-14-12-13-20(8,9)15-24-25(10,11)19(5,6)7/h12-13,16-17H,14-15H2,1-11H3/b13-12+. The lowest BCUT2D eigenvalue weighted by molar-refractivity contribution is 0.0873. The van der Waals surface area contributed by atoms with Crippen LogP contribution in [0.25, 0.3) is 0 Å². The first kappa shape index (κ1) is 24.2. The van der Waals surface area contributed by atoms with E-state index in [0.717, 1.165) is 0 Å². The summed E-state index contributed by atoms with van der Waals surface area (Å²) in [6.45, 7) is 24.5. The van der Waals surface area contributed by atoms with E-state index in [2.05, 4.69) is 53.8 Å². The smallest absolute Gasteiger partial charge is 0.410 e. The van der Waals surface area contributed by atoms with Gasteiger partial charge in [0.1, 0.15) is 6.61 Å². The summed E-state index contributed by atoms with van der Waals surface area (Å²) in [6.07, 6.45) is 3.75. The average Bonchev–Trinajstić information content (AvgIpc) is 2.39. The van der Waals surface area contributed by atoms with Gasteiger partial charge in [0.15, 0.2) is 8.32 Å². The third-order valence-electron chi connectivity index (χ3n) is 4.81. The van der Waals surface area contributed by atoms with Crippen LogP contribution in [0.15, 0.2) is 12.2 Å².